The molecular weight excluding hydrogens is 224 g/mol. The summed E-state index contributed by atoms with van der Waals surface area (Å²) < 4.78 is 5.42. The molecule has 2 unspecified atom stereocenters. The standard InChI is InChI=1S/C16H12O2/c17-16-12-7-13-8(3-4-18-13)6-11(12)14-9-1-2-10(5-9)15(14)16/h1-4,6-7,9-10,14-15H,5H2/t9-,10+,14?,15?/m1/s1. The molecule has 2 aromatic rings. The fourth-order valence-electron chi connectivity index (χ4n) is 4.30. The number of Topliss-reactive ketones (excluding diaryl/α,β-unsaturated/α-hetero) is 1. The highest BCUT2D eigenvalue weighted by atomic mass is 16.3. The maximum absolute atomic E-state index is 12.6. The quantitative estimate of drug-likeness (QED) is 0.655. The predicted molar refractivity (Wildman–Crippen MR) is 67.5 cm³/mol. The van der Waals surface area contributed by atoms with Crippen molar-refractivity contribution in [3.05, 3.63) is 47.7 Å². The number of furan rings is 1. The van der Waals surface area contributed by atoms with Crippen molar-refractivity contribution < 1.29 is 9.21 Å². The number of fused-ring (bicyclic) bond motifs is 8. The largest absolute Gasteiger partial charge is 0.464 e. The second-order valence-corrected chi connectivity index (χ2v) is 5.76. The van der Waals surface area contributed by atoms with Crippen LogP contribution in [-0.2, 0) is 0 Å². The first kappa shape index (κ1) is 9.15. The molecule has 1 saturated carbocycles. The van der Waals surface area contributed by atoms with E-state index in [4.69, 9.17) is 4.42 Å². The van der Waals surface area contributed by atoms with Gasteiger partial charge in [-0.2, -0.15) is 0 Å². The number of ketones is 1. The van der Waals surface area contributed by atoms with Crippen molar-refractivity contribution in [3.63, 3.8) is 0 Å². The van der Waals surface area contributed by atoms with E-state index in [9.17, 15) is 4.79 Å². The topological polar surface area (TPSA) is 30.2 Å². The molecule has 88 valence electrons. The van der Waals surface area contributed by atoms with Gasteiger partial charge in [0.15, 0.2) is 5.78 Å². The first-order valence-electron chi connectivity index (χ1n) is 6.56. The van der Waals surface area contributed by atoms with Crippen LogP contribution in [0.15, 0.2) is 41.0 Å². The number of carbonyl (C=O) groups is 1. The summed E-state index contributed by atoms with van der Waals surface area (Å²) in [5.41, 5.74) is 3.00. The molecule has 1 aromatic carbocycles. The van der Waals surface area contributed by atoms with Gasteiger partial charge in [-0.3, -0.25) is 4.79 Å². The summed E-state index contributed by atoms with van der Waals surface area (Å²) in [4.78, 5) is 12.6. The van der Waals surface area contributed by atoms with Crippen LogP contribution < -0.4 is 0 Å². The Morgan fingerprint density at radius 3 is 2.83 bits per heavy atom. The average molecular weight is 236 g/mol. The van der Waals surface area contributed by atoms with Gasteiger partial charge in [-0.25, -0.2) is 0 Å². The van der Waals surface area contributed by atoms with Gasteiger partial charge in [-0.1, -0.05) is 12.2 Å². The SMILES string of the molecule is O=C1c2cc3occc3cc2C2C1[C@H]1C=C[C@@H]2C1. The molecule has 0 aliphatic heterocycles. The molecule has 1 aromatic heterocycles. The van der Waals surface area contributed by atoms with E-state index in [1.54, 1.807) is 6.26 Å². The van der Waals surface area contributed by atoms with Gasteiger partial charge >= 0.3 is 0 Å². The minimum absolute atomic E-state index is 0.210. The number of benzene rings is 1. The number of carbonyl (C=O) groups excluding carboxylic acids is 1. The molecule has 1 heterocycles. The van der Waals surface area contributed by atoms with Crippen molar-refractivity contribution in [2.45, 2.75) is 12.3 Å². The van der Waals surface area contributed by atoms with E-state index < -0.39 is 0 Å². The summed E-state index contributed by atoms with van der Waals surface area (Å²) in [5, 5.41) is 1.12. The Morgan fingerprint density at radius 2 is 1.94 bits per heavy atom. The van der Waals surface area contributed by atoms with Crippen LogP contribution in [0, 0.1) is 17.8 Å². The Kier molecular flexibility index (Phi) is 1.41. The summed E-state index contributed by atoms with van der Waals surface area (Å²) in [5.74, 6) is 2.04. The van der Waals surface area contributed by atoms with Crippen LogP contribution in [0.3, 0.4) is 0 Å². The zero-order chi connectivity index (χ0) is 11.9. The van der Waals surface area contributed by atoms with Gasteiger partial charge < -0.3 is 4.42 Å². The third-order valence-electron chi connectivity index (χ3n) is 5.01. The zero-order valence-corrected chi connectivity index (χ0v) is 9.80. The van der Waals surface area contributed by atoms with Crippen LogP contribution in [0.5, 0.6) is 0 Å². The fraction of sp³-hybridized carbons (Fsp3) is 0.312. The maximum atomic E-state index is 12.6. The molecule has 3 aliphatic rings. The van der Waals surface area contributed by atoms with Gasteiger partial charge in [0.05, 0.1) is 6.26 Å². The summed E-state index contributed by atoms with van der Waals surface area (Å²) in [6, 6.07) is 6.10. The van der Waals surface area contributed by atoms with Crippen LogP contribution in [0.4, 0.5) is 0 Å². The Balaban J connectivity index is 1.82. The Hall–Kier alpha value is -1.83. The molecule has 1 fully saturated rings. The van der Waals surface area contributed by atoms with Crippen LogP contribution in [0.25, 0.3) is 11.0 Å². The zero-order valence-electron chi connectivity index (χ0n) is 9.80. The number of rotatable bonds is 0. The van der Waals surface area contributed by atoms with Gasteiger partial charge in [0.25, 0.3) is 0 Å². The van der Waals surface area contributed by atoms with E-state index in [1.165, 1.54) is 12.0 Å². The average Bonchev–Trinajstić information content (AvgIpc) is 3.11. The molecular formula is C16H12O2. The third kappa shape index (κ3) is 0.869. The van der Waals surface area contributed by atoms with Crippen LogP contribution in [0.2, 0.25) is 0 Å². The minimum atomic E-state index is 0.210. The Morgan fingerprint density at radius 1 is 1.11 bits per heavy atom. The lowest BCUT2D eigenvalue weighted by molar-refractivity contribution is 0.0911. The van der Waals surface area contributed by atoms with Crippen molar-refractivity contribution in [1.29, 1.82) is 0 Å². The summed E-state index contributed by atoms with van der Waals surface area (Å²) in [6.07, 6.45) is 7.43. The predicted octanol–water partition coefficient (Wildman–Crippen LogP) is 3.53. The Labute approximate surface area is 104 Å². The van der Waals surface area contributed by atoms with Gasteiger partial charge in [-0.05, 0) is 42.0 Å². The lowest BCUT2D eigenvalue weighted by Gasteiger charge is -2.19. The van der Waals surface area contributed by atoms with E-state index in [0.29, 0.717) is 23.5 Å². The van der Waals surface area contributed by atoms with Gasteiger partial charge in [0, 0.05) is 22.8 Å². The highest BCUT2D eigenvalue weighted by Crippen LogP contribution is 2.58. The molecule has 0 spiro atoms. The molecule has 0 N–H and O–H groups in total. The number of allylic oxidation sites excluding steroid dienone is 2. The summed E-state index contributed by atoms with van der Waals surface area (Å²) >= 11 is 0. The normalized spacial score (nSPS) is 35.4. The second-order valence-electron chi connectivity index (χ2n) is 5.76. The van der Waals surface area contributed by atoms with Gasteiger partial charge in [-0.15, -0.1) is 0 Å². The van der Waals surface area contributed by atoms with E-state index in [-0.39, 0.29) is 5.92 Å². The maximum Gasteiger partial charge on any atom is 0.167 e. The number of hydrogen-bond donors (Lipinski definition) is 0. The summed E-state index contributed by atoms with van der Waals surface area (Å²) in [6.45, 7) is 0. The Bertz CT molecular complexity index is 722. The lowest BCUT2D eigenvalue weighted by Crippen LogP contribution is -2.18. The second kappa shape index (κ2) is 2.77. The van der Waals surface area contributed by atoms with Crippen molar-refractivity contribution >= 4 is 16.8 Å². The smallest absolute Gasteiger partial charge is 0.167 e. The summed E-state index contributed by atoms with van der Waals surface area (Å²) in [7, 11) is 0. The van der Waals surface area contributed by atoms with Crippen LogP contribution >= 0.6 is 0 Å². The first-order valence-corrected chi connectivity index (χ1v) is 6.56. The molecule has 4 atom stereocenters. The molecule has 2 heteroatoms. The van der Waals surface area contributed by atoms with E-state index in [1.807, 2.05) is 12.1 Å². The van der Waals surface area contributed by atoms with Gasteiger partial charge in [0.2, 0.25) is 0 Å². The van der Waals surface area contributed by atoms with E-state index >= 15 is 0 Å². The van der Waals surface area contributed by atoms with Crippen molar-refractivity contribution in [2.24, 2.45) is 17.8 Å². The molecule has 3 aliphatic carbocycles. The molecule has 18 heavy (non-hydrogen) atoms. The molecule has 2 nitrogen and oxygen atoms in total. The van der Waals surface area contributed by atoms with Crippen molar-refractivity contribution in [2.75, 3.05) is 0 Å². The molecule has 0 radical (unpaired) electrons. The van der Waals surface area contributed by atoms with Crippen LogP contribution in [0.1, 0.15) is 28.3 Å². The lowest BCUT2D eigenvalue weighted by atomic mass is 9.83. The van der Waals surface area contributed by atoms with E-state index in [2.05, 4.69) is 18.2 Å². The highest BCUT2D eigenvalue weighted by molar-refractivity contribution is 6.06. The molecule has 0 amide bonds. The van der Waals surface area contributed by atoms with E-state index in [0.717, 1.165) is 16.5 Å². The fourth-order valence-corrected chi connectivity index (χ4v) is 4.30. The third-order valence-corrected chi connectivity index (χ3v) is 5.01. The highest BCUT2D eigenvalue weighted by Gasteiger charge is 2.53. The molecule has 0 saturated heterocycles. The van der Waals surface area contributed by atoms with Crippen molar-refractivity contribution in [1.82, 2.24) is 0 Å². The minimum Gasteiger partial charge on any atom is -0.464 e. The van der Waals surface area contributed by atoms with Gasteiger partial charge in [0.1, 0.15) is 5.58 Å². The van der Waals surface area contributed by atoms with Crippen molar-refractivity contribution in [3.8, 4) is 0 Å². The number of hydrogen-bond acceptors (Lipinski definition) is 2. The first-order chi connectivity index (χ1) is 8.83. The molecule has 5 rings (SSSR count). The monoisotopic (exact) mass is 236 g/mol. The van der Waals surface area contributed by atoms with Crippen LogP contribution in [-0.4, -0.2) is 5.78 Å². The molecule has 2 bridgehead atoms.